The number of nitrogens with one attached hydrogen (secondary N) is 1. The number of carbonyl (C=O) groups is 2. The SMILES string of the molecule is CN(Cc1ccccc1)C(=O)C[C@@H]1CCN2C[C@@H]1/C=C/COc1ccc(N3CCOCC3)cc1CNCC2=O.Cl.Cl. The van der Waals surface area contributed by atoms with Gasteiger partial charge < -0.3 is 29.5 Å². The van der Waals surface area contributed by atoms with E-state index in [1.165, 1.54) is 0 Å². The number of amides is 2. The van der Waals surface area contributed by atoms with E-state index in [1.54, 1.807) is 0 Å². The first-order valence-electron chi connectivity index (χ1n) is 14.1. The Hall–Kier alpha value is -2.78. The molecule has 2 aromatic carbocycles. The van der Waals surface area contributed by atoms with Gasteiger partial charge in [0.05, 0.1) is 19.8 Å². The van der Waals surface area contributed by atoms with E-state index in [1.807, 2.05) is 53.2 Å². The van der Waals surface area contributed by atoms with Gasteiger partial charge in [0.2, 0.25) is 11.8 Å². The number of fused-ring (bicyclic) bond motifs is 3. The third kappa shape index (κ3) is 8.85. The van der Waals surface area contributed by atoms with Gasteiger partial charge in [-0.3, -0.25) is 9.59 Å². The van der Waals surface area contributed by atoms with Crippen molar-refractivity contribution in [3.05, 3.63) is 71.8 Å². The third-order valence-corrected chi connectivity index (χ3v) is 8.01. The highest BCUT2D eigenvalue weighted by Crippen LogP contribution is 2.30. The number of benzene rings is 2. The van der Waals surface area contributed by atoms with Crippen molar-refractivity contribution < 1.29 is 19.1 Å². The monoisotopic (exact) mass is 604 g/mol. The highest BCUT2D eigenvalue weighted by molar-refractivity contribution is 5.85. The summed E-state index contributed by atoms with van der Waals surface area (Å²) in [6, 6.07) is 16.4. The molecule has 2 aromatic rings. The molecular formula is C31H42Cl2N4O4. The molecule has 41 heavy (non-hydrogen) atoms. The molecule has 0 aliphatic carbocycles. The van der Waals surface area contributed by atoms with Gasteiger partial charge in [-0.15, -0.1) is 24.8 Å². The minimum atomic E-state index is 0. The van der Waals surface area contributed by atoms with Crippen LogP contribution in [0.15, 0.2) is 60.7 Å². The van der Waals surface area contributed by atoms with Gasteiger partial charge in [-0.2, -0.15) is 0 Å². The molecule has 2 saturated heterocycles. The van der Waals surface area contributed by atoms with Crippen LogP contribution in [-0.2, 0) is 27.4 Å². The van der Waals surface area contributed by atoms with Crippen molar-refractivity contribution in [1.82, 2.24) is 15.1 Å². The Balaban J connectivity index is 0.00000231. The van der Waals surface area contributed by atoms with Crippen LogP contribution in [0.25, 0.3) is 0 Å². The van der Waals surface area contributed by atoms with Gasteiger partial charge in [-0.1, -0.05) is 42.5 Å². The molecule has 2 atom stereocenters. The Labute approximate surface area is 255 Å². The van der Waals surface area contributed by atoms with E-state index in [-0.39, 0.29) is 55.0 Å². The lowest BCUT2D eigenvalue weighted by atomic mass is 9.82. The summed E-state index contributed by atoms with van der Waals surface area (Å²) in [7, 11) is 1.87. The second-order valence-corrected chi connectivity index (χ2v) is 10.7. The molecule has 2 bridgehead atoms. The Morgan fingerprint density at radius 2 is 1.80 bits per heavy atom. The van der Waals surface area contributed by atoms with E-state index in [4.69, 9.17) is 9.47 Å². The highest BCUT2D eigenvalue weighted by Gasteiger charge is 2.32. The quantitative estimate of drug-likeness (QED) is 0.522. The maximum Gasteiger partial charge on any atom is 0.236 e. The van der Waals surface area contributed by atoms with Crippen LogP contribution in [-0.4, -0.2) is 81.2 Å². The van der Waals surface area contributed by atoms with Crippen molar-refractivity contribution in [3.8, 4) is 5.75 Å². The van der Waals surface area contributed by atoms with Crippen molar-refractivity contribution in [2.24, 2.45) is 11.8 Å². The van der Waals surface area contributed by atoms with E-state index >= 15 is 0 Å². The number of morpholine rings is 1. The molecule has 0 unspecified atom stereocenters. The highest BCUT2D eigenvalue weighted by atomic mass is 35.5. The van der Waals surface area contributed by atoms with Gasteiger partial charge in [-0.05, 0) is 42.0 Å². The fraction of sp³-hybridized carbons (Fsp3) is 0.484. The summed E-state index contributed by atoms with van der Waals surface area (Å²) in [6.45, 7) is 6.41. The fourth-order valence-corrected chi connectivity index (χ4v) is 5.70. The Bertz CT molecular complexity index is 1160. The van der Waals surface area contributed by atoms with Crippen LogP contribution < -0.4 is 15.0 Å². The maximum absolute atomic E-state index is 13.1. The summed E-state index contributed by atoms with van der Waals surface area (Å²) in [6.07, 6.45) is 5.50. The predicted molar refractivity (Wildman–Crippen MR) is 166 cm³/mol. The van der Waals surface area contributed by atoms with Crippen LogP contribution in [0.5, 0.6) is 5.75 Å². The predicted octanol–water partition coefficient (Wildman–Crippen LogP) is 3.92. The Kier molecular flexibility index (Phi) is 12.8. The Morgan fingerprint density at radius 3 is 2.59 bits per heavy atom. The third-order valence-electron chi connectivity index (χ3n) is 8.01. The number of carbonyl (C=O) groups excluding carboxylic acids is 2. The van der Waals surface area contributed by atoms with E-state index in [0.717, 1.165) is 55.3 Å². The number of hydrogen-bond acceptors (Lipinski definition) is 6. The van der Waals surface area contributed by atoms with Crippen LogP contribution in [0.1, 0.15) is 24.0 Å². The lowest BCUT2D eigenvalue weighted by Gasteiger charge is -2.38. The van der Waals surface area contributed by atoms with E-state index in [0.29, 0.717) is 39.2 Å². The summed E-state index contributed by atoms with van der Waals surface area (Å²) >= 11 is 0. The molecule has 3 aliphatic heterocycles. The average Bonchev–Trinajstić information content (AvgIpc) is 2.97. The van der Waals surface area contributed by atoms with Crippen molar-refractivity contribution in [1.29, 1.82) is 0 Å². The zero-order chi connectivity index (χ0) is 27.0. The lowest BCUT2D eigenvalue weighted by molar-refractivity contribution is -0.134. The minimum Gasteiger partial charge on any atom is -0.489 e. The van der Waals surface area contributed by atoms with Gasteiger partial charge in [0.1, 0.15) is 12.4 Å². The number of hydrogen-bond donors (Lipinski definition) is 1. The molecule has 3 heterocycles. The molecule has 0 aromatic heterocycles. The van der Waals surface area contributed by atoms with E-state index in [2.05, 4.69) is 34.5 Å². The number of halogens is 2. The number of piperidine rings is 1. The fourth-order valence-electron chi connectivity index (χ4n) is 5.70. The van der Waals surface area contributed by atoms with Crippen LogP contribution in [0.3, 0.4) is 0 Å². The molecule has 0 spiro atoms. The van der Waals surface area contributed by atoms with Gasteiger partial charge in [-0.25, -0.2) is 0 Å². The minimum absolute atomic E-state index is 0. The first kappa shape index (κ1) is 32.7. The average molecular weight is 606 g/mol. The van der Waals surface area contributed by atoms with E-state index in [9.17, 15) is 9.59 Å². The topological polar surface area (TPSA) is 74.3 Å². The molecule has 1 N–H and O–H groups in total. The molecule has 3 aliphatic rings. The standard InChI is InChI=1S/C31H40N4O4.2ClH/c1-33(22-24-6-3-2-4-7-24)30(36)19-25-11-12-35-23-26(25)8-5-15-39-29-10-9-28(34-13-16-38-17-14-34)18-27(29)20-32-21-31(35)37;;/h2-10,18,25-26,32H,11-17,19-23H2,1H3;2*1H/b8-5+;;/t25-,26-;;/m0../s1. The lowest BCUT2D eigenvalue weighted by Crippen LogP contribution is -2.47. The second kappa shape index (κ2) is 16.0. The molecule has 2 fully saturated rings. The molecule has 2 amide bonds. The van der Waals surface area contributed by atoms with E-state index < -0.39 is 0 Å². The second-order valence-electron chi connectivity index (χ2n) is 10.7. The number of anilines is 1. The van der Waals surface area contributed by atoms with Gasteiger partial charge in [0.25, 0.3) is 0 Å². The number of ether oxygens (including phenoxy) is 2. The molecular weight excluding hydrogens is 563 g/mol. The van der Waals surface area contributed by atoms with Crippen molar-refractivity contribution >= 4 is 42.3 Å². The van der Waals surface area contributed by atoms with Crippen LogP contribution in [0, 0.1) is 11.8 Å². The number of nitrogens with zero attached hydrogens (tertiary/aromatic N) is 3. The molecule has 10 heteroatoms. The van der Waals surface area contributed by atoms with Crippen molar-refractivity contribution in [2.75, 3.05) is 64.5 Å². The molecule has 5 rings (SSSR count). The largest absolute Gasteiger partial charge is 0.489 e. The molecule has 0 radical (unpaired) electrons. The Morgan fingerprint density at radius 1 is 1.02 bits per heavy atom. The smallest absolute Gasteiger partial charge is 0.236 e. The molecule has 224 valence electrons. The summed E-state index contributed by atoms with van der Waals surface area (Å²) < 4.78 is 11.7. The van der Waals surface area contributed by atoms with Gasteiger partial charge >= 0.3 is 0 Å². The van der Waals surface area contributed by atoms with Gasteiger partial charge in [0, 0.05) is 64.0 Å². The van der Waals surface area contributed by atoms with Crippen LogP contribution in [0.4, 0.5) is 5.69 Å². The first-order chi connectivity index (χ1) is 19.1. The molecule has 0 saturated carbocycles. The first-order valence-corrected chi connectivity index (χ1v) is 14.1. The van der Waals surface area contributed by atoms with Crippen molar-refractivity contribution in [2.45, 2.75) is 25.9 Å². The zero-order valence-corrected chi connectivity index (χ0v) is 25.3. The van der Waals surface area contributed by atoms with Crippen LogP contribution >= 0.6 is 24.8 Å². The van der Waals surface area contributed by atoms with Crippen LogP contribution in [0.2, 0.25) is 0 Å². The summed E-state index contributed by atoms with van der Waals surface area (Å²) in [4.78, 5) is 32.3. The zero-order valence-electron chi connectivity index (χ0n) is 23.7. The maximum atomic E-state index is 13.1. The summed E-state index contributed by atoms with van der Waals surface area (Å²) in [5.74, 6) is 1.38. The van der Waals surface area contributed by atoms with Crippen molar-refractivity contribution in [3.63, 3.8) is 0 Å². The normalized spacial score (nSPS) is 21.8. The summed E-state index contributed by atoms with van der Waals surface area (Å²) in [5, 5.41) is 3.35. The van der Waals surface area contributed by atoms with Gasteiger partial charge in [0.15, 0.2) is 0 Å². The molecule has 8 nitrogen and oxygen atoms in total. The summed E-state index contributed by atoms with van der Waals surface area (Å²) in [5.41, 5.74) is 3.32. The number of rotatable bonds is 5.